The van der Waals surface area contributed by atoms with Gasteiger partial charge in [0, 0.05) is 6.54 Å². The molecular formula is C15H24N2O4S. The van der Waals surface area contributed by atoms with Gasteiger partial charge in [-0.3, -0.25) is 4.84 Å². The first-order chi connectivity index (χ1) is 10.6. The minimum Gasteiger partial charge on any atom is -0.494 e. The van der Waals surface area contributed by atoms with E-state index in [4.69, 9.17) is 9.57 Å². The Morgan fingerprint density at radius 3 is 2.45 bits per heavy atom. The number of sulfonamides is 1. The van der Waals surface area contributed by atoms with E-state index in [1.807, 2.05) is 6.92 Å². The summed E-state index contributed by atoms with van der Waals surface area (Å²) in [6.07, 6.45) is 3.69. The summed E-state index contributed by atoms with van der Waals surface area (Å²) < 4.78 is 29.4. The maximum absolute atomic E-state index is 12.1. The smallest absolute Gasteiger partial charge is 0.262 e. The van der Waals surface area contributed by atoms with Gasteiger partial charge in [-0.15, -0.1) is 0 Å². The van der Waals surface area contributed by atoms with Crippen LogP contribution in [0.25, 0.3) is 0 Å². The summed E-state index contributed by atoms with van der Waals surface area (Å²) in [7, 11) is -3.64. The summed E-state index contributed by atoms with van der Waals surface area (Å²) >= 11 is 0. The molecule has 1 N–H and O–H groups in total. The highest BCUT2D eigenvalue weighted by molar-refractivity contribution is 7.89. The molecule has 0 radical (unpaired) electrons. The maximum Gasteiger partial charge on any atom is 0.262 e. The normalized spacial score (nSPS) is 16.6. The van der Waals surface area contributed by atoms with Crippen LogP contribution in [0.3, 0.4) is 0 Å². The van der Waals surface area contributed by atoms with Crippen molar-refractivity contribution < 1.29 is 18.0 Å². The van der Waals surface area contributed by atoms with E-state index < -0.39 is 10.0 Å². The van der Waals surface area contributed by atoms with Crippen LogP contribution in [-0.4, -0.2) is 46.2 Å². The lowest BCUT2D eigenvalue weighted by atomic mass is 10.1. The standard InChI is InChI=1S/C15H24N2O4S/c1-2-20-14-6-8-15(9-7-14)22(18,19)16-21-13-12-17-10-4-3-5-11-17/h6-9,16H,2-5,10-13H2,1H3. The predicted octanol–water partition coefficient (Wildman–Crippen LogP) is 1.78. The Morgan fingerprint density at radius 2 is 1.82 bits per heavy atom. The molecule has 0 atom stereocenters. The SMILES string of the molecule is CCOc1ccc(S(=O)(=O)NOCCN2CCCCC2)cc1. The molecule has 0 amide bonds. The third-order valence-corrected chi connectivity index (χ3v) is 4.80. The average molecular weight is 328 g/mol. The zero-order chi connectivity index (χ0) is 15.8. The van der Waals surface area contributed by atoms with Crippen molar-refractivity contribution in [3.05, 3.63) is 24.3 Å². The monoisotopic (exact) mass is 328 g/mol. The molecule has 0 aliphatic carbocycles. The molecule has 1 heterocycles. The molecule has 6 nitrogen and oxygen atoms in total. The molecule has 1 aliphatic heterocycles. The maximum atomic E-state index is 12.1. The first-order valence-electron chi connectivity index (χ1n) is 7.70. The Labute approximate surface area is 132 Å². The third-order valence-electron chi connectivity index (χ3n) is 3.57. The van der Waals surface area contributed by atoms with Gasteiger partial charge in [0.2, 0.25) is 0 Å². The zero-order valence-corrected chi connectivity index (χ0v) is 13.8. The van der Waals surface area contributed by atoms with E-state index in [0.29, 0.717) is 19.0 Å². The molecule has 1 saturated heterocycles. The van der Waals surface area contributed by atoms with Crippen molar-refractivity contribution >= 4 is 10.0 Å². The van der Waals surface area contributed by atoms with E-state index in [9.17, 15) is 8.42 Å². The van der Waals surface area contributed by atoms with Crippen LogP contribution in [-0.2, 0) is 14.9 Å². The number of hydrogen-bond acceptors (Lipinski definition) is 5. The van der Waals surface area contributed by atoms with Crippen LogP contribution in [0.15, 0.2) is 29.2 Å². The number of piperidine rings is 1. The van der Waals surface area contributed by atoms with E-state index in [-0.39, 0.29) is 4.90 Å². The largest absolute Gasteiger partial charge is 0.494 e. The molecule has 1 aromatic rings. The highest BCUT2D eigenvalue weighted by Crippen LogP contribution is 2.15. The number of benzene rings is 1. The predicted molar refractivity (Wildman–Crippen MR) is 84.2 cm³/mol. The number of ether oxygens (including phenoxy) is 1. The number of nitrogens with zero attached hydrogens (tertiary/aromatic N) is 1. The molecule has 1 fully saturated rings. The number of likely N-dealkylation sites (tertiary alicyclic amines) is 1. The first-order valence-corrected chi connectivity index (χ1v) is 9.19. The van der Waals surface area contributed by atoms with Crippen LogP contribution in [0.2, 0.25) is 0 Å². The summed E-state index contributed by atoms with van der Waals surface area (Å²) in [6.45, 7) is 5.64. The molecule has 22 heavy (non-hydrogen) atoms. The fraction of sp³-hybridized carbons (Fsp3) is 0.600. The van der Waals surface area contributed by atoms with Crippen molar-refractivity contribution in [2.24, 2.45) is 0 Å². The summed E-state index contributed by atoms with van der Waals surface area (Å²) in [5.74, 6) is 0.646. The Balaban J connectivity index is 1.77. The Hall–Kier alpha value is -1.15. The van der Waals surface area contributed by atoms with E-state index in [0.717, 1.165) is 19.6 Å². The minimum absolute atomic E-state index is 0.161. The van der Waals surface area contributed by atoms with Gasteiger partial charge in [0.05, 0.1) is 18.1 Å². The lowest BCUT2D eigenvalue weighted by molar-refractivity contribution is 0.0656. The molecule has 7 heteroatoms. The molecule has 0 unspecified atom stereocenters. The third kappa shape index (κ3) is 5.24. The van der Waals surface area contributed by atoms with Crippen molar-refractivity contribution in [1.29, 1.82) is 0 Å². The van der Waals surface area contributed by atoms with E-state index in [1.54, 1.807) is 12.1 Å². The zero-order valence-electron chi connectivity index (χ0n) is 13.0. The molecular weight excluding hydrogens is 304 g/mol. The highest BCUT2D eigenvalue weighted by atomic mass is 32.2. The second-order valence-electron chi connectivity index (χ2n) is 5.24. The van der Waals surface area contributed by atoms with Gasteiger partial charge in [0.25, 0.3) is 10.0 Å². The van der Waals surface area contributed by atoms with Crippen LogP contribution in [0.4, 0.5) is 0 Å². The Kier molecular flexibility index (Phi) is 6.63. The lowest BCUT2D eigenvalue weighted by Gasteiger charge is -2.25. The van der Waals surface area contributed by atoms with Gasteiger partial charge < -0.3 is 9.64 Å². The van der Waals surface area contributed by atoms with Crippen LogP contribution in [0.5, 0.6) is 5.75 Å². The number of nitrogens with one attached hydrogen (secondary N) is 1. The minimum atomic E-state index is -3.64. The molecule has 0 aromatic heterocycles. The lowest BCUT2D eigenvalue weighted by Crippen LogP contribution is -2.35. The van der Waals surface area contributed by atoms with Crippen molar-refractivity contribution in [2.45, 2.75) is 31.1 Å². The van der Waals surface area contributed by atoms with E-state index in [2.05, 4.69) is 9.79 Å². The Bertz CT molecular complexity index is 539. The Morgan fingerprint density at radius 1 is 1.14 bits per heavy atom. The van der Waals surface area contributed by atoms with Gasteiger partial charge in [-0.2, -0.15) is 0 Å². The number of rotatable bonds is 8. The number of hydrogen-bond donors (Lipinski definition) is 1. The van der Waals surface area contributed by atoms with Crippen molar-refractivity contribution in [3.8, 4) is 5.75 Å². The molecule has 1 aliphatic rings. The van der Waals surface area contributed by atoms with Crippen LogP contribution in [0.1, 0.15) is 26.2 Å². The van der Waals surface area contributed by atoms with Gasteiger partial charge in [-0.25, -0.2) is 8.42 Å². The second kappa shape index (κ2) is 8.47. The molecule has 1 aromatic carbocycles. The van der Waals surface area contributed by atoms with E-state index >= 15 is 0 Å². The van der Waals surface area contributed by atoms with Gasteiger partial charge >= 0.3 is 0 Å². The van der Waals surface area contributed by atoms with Gasteiger partial charge in [0.1, 0.15) is 5.75 Å². The summed E-state index contributed by atoms with van der Waals surface area (Å²) in [6, 6.07) is 6.26. The van der Waals surface area contributed by atoms with Crippen LogP contribution < -0.4 is 9.62 Å². The fourth-order valence-electron chi connectivity index (χ4n) is 2.41. The molecule has 0 saturated carbocycles. The summed E-state index contributed by atoms with van der Waals surface area (Å²) in [5.41, 5.74) is 0. The summed E-state index contributed by atoms with van der Waals surface area (Å²) in [4.78, 5) is 9.74. The van der Waals surface area contributed by atoms with Gasteiger partial charge in [0.15, 0.2) is 0 Å². The molecule has 0 spiro atoms. The molecule has 2 rings (SSSR count). The van der Waals surface area contributed by atoms with Crippen LogP contribution >= 0.6 is 0 Å². The fourth-order valence-corrected chi connectivity index (χ4v) is 3.24. The van der Waals surface area contributed by atoms with Gasteiger partial charge in [-0.1, -0.05) is 11.3 Å². The van der Waals surface area contributed by atoms with Crippen molar-refractivity contribution in [2.75, 3.05) is 32.8 Å². The first kappa shape index (κ1) is 17.2. The topological polar surface area (TPSA) is 67.9 Å². The van der Waals surface area contributed by atoms with Crippen LogP contribution in [0, 0.1) is 0 Å². The van der Waals surface area contributed by atoms with Crippen molar-refractivity contribution in [3.63, 3.8) is 0 Å². The van der Waals surface area contributed by atoms with E-state index in [1.165, 1.54) is 31.4 Å². The second-order valence-corrected chi connectivity index (χ2v) is 6.89. The summed E-state index contributed by atoms with van der Waals surface area (Å²) in [5, 5.41) is 0. The van der Waals surface area contributed by atoms with Crippen molar-refractivity contribution in [1.82, 2.24) is 9.79 Å². The average Bonchev–Trinajstić information content (AvgIpc) is 2.53. The molecule has 124 valence electrons. The quantitative estimate of drug-likeness (QED) is 0.582. The highest BCUT2D eigenvalue weighted by Gasteiger charge is 2.15. The molecule has 0 bridgehead atoms. The van der Waals surface area contributed by atoms with Gasteiger partial charge in [-0.05, 0) is 57.1 Å².